The van der Waals surface area contributed by atoms with Crippen molar-refractivity contribution in [2.24, 2.45) is 0 Å². The van der Waals surface area contributed by atoms with Gasteiger partial charge in [-0.3, -0.25) is 0 Å². The molecule has 3 heterocycles. The second kappa shape index (κ2) is 10.2. The smallest absolute Gasteiger partial charge is 0.341 e. The number of fused-ring (bicyclic) bond motifs is 2. The summed E-state index contributed by atoms with van der Waals surface area (Å²) in [4.78, 5) is 23.1. The molecule has 0 saturated heterocycles. The number of ether oxygens (including phenoxy) is 3. The molecule has 0 spiro atoms. The Kier molecular flexibility index (Phi) is 6.69. The lowest BCUT2D eigenvalue weighted by molar-refractivity contribution is 0.0594. The number of carbonyl (C=O) groups is 1. The van der Waals surface area contributed by atoms with Gasteiger partial charge in [0.05, 0.1) is 29.7 Å². The number of thioether (sulfide) groups is 1. The fourth-order valence-corrected chi connectivity index (χ4v) is 5.95. The van der Waals surface area contributed by atoms with Gasteiger partial charge in [-0.2, -0.15) is 4.39 Å². The minimum absolute atomic E-state index is 0.0454. The van der Waals surface area contributed by atoms with Crippen molar-refractivity contribution in [1.29, 1.82) is 0 Å². The summed E-state index contributed by atoms with van der Waals surface area (Å²) in [7, 11) is 1.31. The number of esters is 1. The highest BCUT2D eigenvalue weighted by molar-refractivity contribution is 7.99. The van der Waals surface area contributed by atoms with Gasteiger partial charge in [-0.15, -0.1) is 11.8 Å². The summed E-state index contributed by atoms with van der Waals surface area (Å²) in [6.07, 6.45) is 5.44. The number of hydrogen-bond acceptors (Lipinski definition) is 6. The second-order valence-corrected chi connectivity index (χ2v) is 10.6. The van der Waals surface area contributed by atoms with E-state index in [1.165, 1.54) is 43.3 Å². The molecule has 0 bridgehead atoms. The zero-order valence-corrected chi connectivity index (χ0v) is 23.0. The molecule has 6 rings (SSSR count). The Morgan fingerprint density at radius 3 is 2.76 bits per heavy atom. The molecule has 0 fully saturated rings. The molecular weight excluding hydrogens is 555 g/mol. The average Bonchev–Trinajstić information content (AvgIpc) is 3.68. The molecule has 11 heteroatoms. The van der Waals surface area contributed by atoms with Crippen molar-refractivity contribution >= 4 is 28.6 Å². The SMILES string of the molecule is COC(=O)c1cccc2c1OCCC2(C)c1cnc(-c2cc(Oc3c(F)c(F)c4[nH]ccc4c3SC)ccc2F)[nH]1. The van der Waals surface area contributed by atoms with Crippen LogP contribution in [0, 0.1) is 17.5 Å². The number of aromatic amines is 2. The number of methoxy groups -OCH3 is 1. The third kappa shape index (κ3) is 4.31. The van der Waals surface area contributed by atoms with Gasteiger partial charge in [0.1, 0.15) is 28.7 Å². The van der Waals surface area contributed by atoms with Crippen LogP contribution in [0.1, 0.15) is 35.0 Å². The lowest BCUT2D eigenvalue weighted by Crippen LogP contribution is -2.32. The van der Waals surface area contributed by atoms with Gasteiger partial charge in [0.15, 0.2) is 11.6 Å². The molecule has 1 aliphatic rings. The summed E-state index contributed by atoms with van der Waals surface area (Å²) < 4.78 is 61.5. The van der Waals surface area contributed by atoms with E-state index in [4.69, 9.17) is 14.2 Å². The normalized spacial score (nSPS) is 16.3. The van der Waals surface area contributed by atoms with E-state index < -0.39 is 28.8 Å². The molecule has 7 nitrogen and oxygen atoms in total. The quantitative estimate of drug-likeness (QED) is 0.161. The highest BCUT2D eigenvalue weighted by Gasteiger charge is 2.39. The summed E-state index contributed by atoms with van der Waals surface area (Å²) in [5, 5.41) is 0.477. The van der Waals surface area contributed by atoms with Gasteiger partial charge in [0.25, 0.3) is 0 Å². The number of benzene rings is 3. The number of rotatable bonds is 6. The first-order chi connectivity index (χ1) is 19.8. The zero-order chi connectivity index (χ0) is 28.9. The van der Waals surface area contributed by atoms with Gasteiger partial charge >= 0.3 is 5.97 Å². The van der Waals surface area contributed by atoms with Crippen LogP contribution in [-0.4, -0.2) is 40.9 Å². The number of aromatic nitrogens is 3. The molecule has 1 unspecified atom stereocenters. The molecule has 41 heavy (non-hydrogen) atoms. The Labute approximate surface area is 237 Å². The van der Waals surface area contributed by atoms with Crippen LogP contribution >= 0.6 is 11.8 Å². The van der Waals surface area contributed by atoms with Crippen LogP contribution in [0.25, 0.3) is 22.3 Å². The number of H-pyrrole nitrogens is 2. The van der Waals surface area contributed by atoms with E-state index >= 15 is 8.78 Å². The van der Waals surface area contributed by atoms with Gasteiger partial charge < -0.3 is 24.2 Å². The molecule has 0 amide bonds. The maximum atomic E-state index is 15.1. The van der Waals surface area contributed by atoms with E-state index in [0.717, 1.165) is 5.56 Å². The summed E-state index contributed by atoms with van der Waals surface area (Å²) in [5.41, 5.74) is 1.26. The first-order valence-electron chi connectivity index (χ1n) is 12.7. The molecule has 0 radical (unpaired) electrons. The summed E-state index contributed by atoms with van der Waals surface area (Å²) in [5.74, 6) is -2.82. The minimum atomic E-state index is -1.15. The van der Waals surface area contributed by atoms with Crippen LogP contribution in [0.3, 0.4) is 0 Å². The number of imidazole rings is 1. The van der Waals surface area contributed by atoms with E-state index in [1.54, 1.807) is 30.7 Å². The molecule has 1 atom stereocenters. The van der Waals surface area contributed by atoms with E-state index in [2.05, 4.69) is 15.0 Å². The van der Waals surface area contributed by atoms with Crippen LogP contribution in [0.5, 0.6) is 17.2 Å². The number of halogens is 3. The molecule has 210 valence electrons. The maximum Gasteiger partial charge on any atom is 0.341 e. The molecule has 0 aliphatic carbocycles. The van der Waals surface area contributed by atoms with Crippen LogP contribution in [0.2, 0.25) is 0 Å². The third-order valence-corrected chi connectivity index (χ3v) is 8.27. The van der Waals surface area contributed by atoms with Gasteiger partial charge in [-0.1, -0.05) is 12.1 Å². The van der Waals surface area contributed by atoms with Crippen LogP contribution in [0.15, 0.2) is 59.8 Å². The van der Waals surface area contributed by atoms with Crippen molar-refractivity contribution in [1.82, 2.24) is 15.0 Å². The largest absolute Gasteiger partial charge is 0.492 e. The molecule has 2 aromatic heterocycles. The van der Waals surface area contributed by atoms with Crippen molar-refractivity contribution in [2.75, 3.05) is 20.0 Å². The Hall–Kier alpha value is -4.38. The molecule has 2 N–H and O–H groups in total. The maximum absolute atomic E-state index is 15.1. The van der Waals surface area contributed by atoms with Crippen molar-refractivity contribution in [3.8, 4) is 28.6 Å². The van der Waals surface area contributed by atoms with E-state index in [1.807, 2.05) is 13.0 Å². The molecule has 1 aliphatic heterocycles. The van der Waals surface area contributed by atoms with Crippen LogP contribution in [-0.2, 0) is 10.2 Å². The number of nitrogens with one attached hydrogen (secondary N) is 2. The number of carbonyl (C=O) groups excluding carboxylic acids is 1. The summed E-state index contributed by atoms with van der Waals surface area (Å²) >= 11 is 1.21. The third-order valence-electron chi connectivity index (χ3n) is 7.46. The van der Waals surface area contributed by atoms with Crippen molar-refractivity contribution in [3.05, 3.63) is 89.1 Å². The topological polar surface area (TPSA) is 89.2 Å². The van der Waals surface area contributed by atoms with Gasteiger partial charge in [-0.05, 0) is 49.9 Å². The highest BCUT2D eigenvalue weighted by atomic mass is 32.2. The lowest BCUT2D eigenvalue weighted by Gasteiger charge is -2.35. The summed E-state index contributed by atoms with van der Waals surface area (Å²) in [6.45, 7) is 2.33. The van der Waals surface area contributed by atoms with Crippen LogP contribution in [0.4, 0.5) is 13.2 Å². The van der Waals surface area contributed by atoms with Crippen molar-refractivity contribution in [2.45, 2.75) is 23.7 Å². The summed E-state index contributed by atoms with van der Waals surface area (Å²) in [6, 6.07) is 10.8. The van der Waals surface area contributed by atoms with Crippen LogP contribution < -0.4 is 9.47 Å². The Morgan fingerprint density at radius 2 is 1.98 bits per heavy atom. The first-order valence-corrected chi connectivity index (χ1v) is 13.9. The average molecular weight is 580 g/mol. The predicted molar refractivity (Wildman–Crippen MR) is 148 cm³/mol. The highest BCUT2D eigenvalue weighted by Crippen LogP contribution is 2.45. The molecular formula is C30H24F3N3O4S. The number of nitrogens with zero attached hydrogens (tertiary/aromatic N) is 1. The zero-order valence-electron chi connectivity index (χ0n) is 22.2. The van der Waals surface area contributed by atoms with E-state index in [9.17, 15) is 9.18 Å². The molecule has 3 aromatic carbocycles. The van der Waals surface area contributed by atoms with Gasteiger partial charge in [-0.25, -0.2) is 18.6 Å². The van der Waals surface area contributed by atoms with E-state index in [0.29, 0.717) is 40.3 Å². The Balaban J connectivity index is 1.38. The fourth-order valence-electron chi connectivity index (χ4n) is 5.24. The van der Waals surface area contributed by atoms with Gasteiger partial charge in [0, 0.05) is 34.5 Å². The first kappa shape index (κ1) is 26.8. The Morgan fingerprint density at radius 1 is 1.15 bits per heavy atom. The minimum Gasteiger partial charge on any atom is -0.492 e. The second-order valence-electron chi connectivity index (χ2n) is 9.75. The van der Waals surface area contributed by atoms with Gasteiger partial charge in [0.2, 0.25) is 5.82 Å². The number of para-hydroxylation sites is 1. The van der Waals surface area contributed by atoms with Crippen molar-refractivity contribution in [3.63, 3.8) is 0 Å². The van der Waals surface area contributed by atoms with E-state index in [-0.39, 0.29) is 28.4 Å². The molecule has 5 aromatic rings. The standard InChI is InChI=1S/C30H24F3N3O4S/c1-30(10-12-39-25-17(29(37)38-2)5-4-6-19(25)30)21-14-35-28(36-21)18-13-15(7-8-20(18)31)40-26-23(33)22(32)24-16(9-11-34-24)27(26)41-3/h4-9,11,13-14,34H,10,12H2,1-3H3,(H,35,36). The predicted octanol–water partition coefficient (Wildman–Crippen LogP) is 7.36. The lowest BCUT2D eigenvalue weighted by atomic mass is 9.75. The van der Waals surface area contributed by atoms with Crippen molar-refractivity contribution < 1.29 is 32.2 Å². The molecule has 0 saturated carbocycles. The monoisotopic (exact) mass is 579 g/mol. The fraction of sp³-hybridized carbons (Fsp3) is 0.200. The Bertz CT molecular complexity index is 1820. The number of hydrogen-bond donors (Lipinski definition) is 2.